The largest absolute Gasteiger partial charge is 0.369 e. The Morgan fingerprint density at radius 3 is 2.03 bits per heavy atom. The zero-order valence-electron chi connectivity index (χ0n) is 20.2. The number of hydrogen-bond acceptors (Lipinski definition) is 6. The Morgan fingerprint density at radius 1 is 0.857 bits per heavy atom. The zero-order chi connectivity index (χ0) is 24.6. The molecule has 4 rings (SSSR count). The average Bonchev–Trinajstić information content (AvgIpc) is 2.89. The molecule has 0 bridgehead atoms. The van der Waals surface area contributed by atoms with Gasteiger partial charge in [-0.05, 0) is 45.0 Å². The summed E-state index contributed by atoms with van der Waals surface area (Å²) >= 11 is 1.27. The van der Waals surface area contributed by atoms with Crippen molar-refractivity contribution in [2.45, 2.75) is 32.0 Å². The molecule has 0 saturated heterocycles. The van der Waals surface area contributed by atoms with E-state index in [2.05, 4.69) is 41.2 Å². The van der Waals surface area contributed by atoms with Crippen molar-refractivity contribution >= 4 is 29.0 Å². The van der Waals surface area contributed by atoms with Crippen molar-refractivity contribution in [2.75, 3.05) is 22.5 Å². The van der Waals surface area contributed by atoms with Gasteiger partial charge in [-0.1, -0.05) is 72.4 Å². The minimum atomic E-state index is -0.115. The Kier molecular flexibility index (Phi) is 8.11. The third-order valence-corrected chi connectivity index (χ3v) is 6.38. The molecule has 0 atom stereocenters. The van der Waals surface area contributed by atoms with E-state index in [9.17, 15) is 4.79 Å². The minimum absolute atomic E-state index is 0.115. The maximum Gasteiger partial charge on any atom is 0.234 e. The summed E-state index contributed by atoms with van der Waals surface area (Å²) in [6, 6.07) is 28.1. The first-order valence-corrected chi connectivity index (χ1v) is 12.7. The molecular weight excluding hydrogens is 454 g/mol. The number of benzene rings is 3. The Hall–Kier alpha value is -3.71. The Bertz CT molecular complexity index is 1250. The van der Waals surface area contributed by atoms with E-state index in [-0.39, 0.29) is 11.7 Å². The topological polar surface area (TPSA) is 71.0 Å². The summed E-state index contributed by atoms with van der Waals surface area (Å²) in [5.41, 5.74) is 5.27. The molecule has 3 aromatic carbocycles. The number of carbonyl (C=O) groups is 1. The molecule has 0 aliphatic carbocycles. The molecule has 0 saturated carbocycles. The summed E-state index contributed by atoms with van der Waals surface area (Å²) in [6.07, 6.45) is 0. The van der Waals surface area contributed by atoms with Crippen LogP contribution in [0.15, 0.2) is 90.1 Å². The number of hydrogen-bond donors (Lipinski definition) is 1. The van der Waals surface area contributed by atoms with Gasteiger partial charge in [-0.15, -0.1) is 10.2 Å². The van der Waals surface area contributed by atoms with Gasteiger partial charge in [-0.2, -0.15) is 0 Å². The van der Waals surface area contributed by atoms with E-state index in [1.54, 1.807) is 0 Å². The van der Waals surface area contributed by atoms with E-state index < -0.39 is 0 Å². The molecule has 0 aliphatic heterocycles. The second kappa shape index (κ2) is 11.6. The molecule has 1 heterocycles. The highest BCUT2D eigenvalue weighted by Gasteiger charge is 2.15. The van der Waals surface area contributed by atoms with Crippen molar-refractivity contribution in [3.05, 3.63) is 84.9 Å². The first-order chi connectivity index (χ1) is 17.0. The zero-order valence-corrected chi connectivity index (χ0v) is 21.0. The number of anilines is 2. The number of nitrogens with one attached hydrogen (secondary N) is 1. The Balaban J connectivity index is 1.45. The van der Waals surface area contributed by atoms with Gasteiger partial charge in [0.1, 0.15) is 11.4 Å². The molecule has 0 spiro atoms. The molecule has 1 amide bonds. The van der Waals surface area contributed by atoms with Crippen LogP contribution in [0.3, 0.4) is 0 Å². The van der Waals surface area contributed by atoms with Crippen molar-refractivity contribution in [1.29, 1.82) is 0 Å². The van der Waals surface area contributed by atoms with Crippen LogP contribution in [0.2, 0.25) is 0 Å². The van der Waals surface area contributed by atoms with Gasteiger partial charge in [-0.3, -0.25) is 4.79 Å². The molecule has 0 aliphatic rings. The molecular formula is C28H29N5OS. The summed E-state index contributed by atoms with van der Waals surface area (Å²) < 4.78 is 0. The fourth-order valence-electron chi connectivity index (χ4n) is 3.87. The van der Waals surface area contributed by atoms with E-state index in [0.717, 1.165) is 34.7 Å². The highest BCUT2D eigenvalue weighted by atomic mass is 32.2. The van der Waals surface area contributed by atoms with Crippen molar-refractivity contribution in [3.8, 4) is 22.5 Å². The number of carbonyl (C=O) groups excluding carboxylic acids is 1. The van der Waals surface area contributed by atoms with Crippen LogP contribution in [0.25, 0.3) is 22.5 Å². The SMILES string of the molecule is CCN(c1ccc(NC(=O)CSc2nnc(-c3ccccc3)c(-c3ccccc3)n2)cc1)C(C)C. The van der Waals surface area contributed by atoms with Crippen LogP contribution in [0, 0.1) is 0 Å². The standard InChI is InChI=1S/C28H29N5OS/c1-4-33(20(2)3)24-17-15-23(16-18-24)29-25(34)19-35-28-30-26(21-11-7-5-8-12-21)27(31-32-28)22-13-9-6-10-14-22/h5-18,20H,4,19H2,1-3H3,(H,29,34). The van der Waals surface area contributed by atoms with Crippen LogP contribution in [0.1, 0.15) is 20.8 Å². The molecule has 0 fully saturated rings. The lowest BCUT2D eigenvalue weighted by Crippen LogP contribution is -2.30. The van der Waals surface area contributed by atoms with Gasteiger partial charge in [0, 0.05) is 35.1 Å². The highest BCUT2D eigenvalue weighted by molar-refractivity contribution is 7.99. The van der Waals surface area contributed by atoms with Crippen LogP contribution >= 0.6 is 11.8 Å². The van der Waals surface area contributed by atoms with E-state index in [4.69, 9.17) is 4.98 Å². The van der Waals surface area contributed by atoms with Gasteiger partial charge in [-0.25, -0.2) is 4.98 Å². The fraction of sp³-hybridized carbons (Fsp3) is 0.214. The van der Waals surface area contributed by atoms with Crippen molar-refractivity contribution in [2.24, 2.45) is 0 Å². The van der Waals surface area contributed by atoms with Crippen LogP contribution in [0.4, 0.5) is 11.4 Å². The molecule has 35 heavy (non-hydrogen) atoms. The van der Waals surface area contributed by atoms with E-state index in [0.29, 0.717) is 16.9 Å². The van der Waals surface area contributed by atoms with Crippen molar-refractivity contribution < 1.29 is 4.79 Å². The second-order valence-corrected chi connectivity index (χ2v) is 9.23. The summed E-state index contributed by atoms with van der Waals surface area (Å²) in [5.74, 6) is 0.0750. The van der Waals surface area contributed by atoms with Gasteiger partial charge in [0.15, 0.2) is 0 Å². The molecule has 4 aromatic rings. The highest BCUT2D eigenvalue weighted by Crippen LogP contribution is 2.29. The smallest absolute Gasteiger partial charge is 0.234 e. The number of nitrogens with zero attached hydrogens (tertiary/aromatic N) is 4. The third-order valence-electron chi connectivity index (χ3n) is 5.54. The van der Waals surface area contributed by atoms with E-state index >= 15 is 0 Å². The number of thioether (sulfide) groups is 1. The first kappa shape index (κ1) is 24.4. The fourth-order valence-corrected chi connectivity index (χ4v) is 4.46. The van der Waals surface area contributed by atoms with Crippen LogP contribution in [-0.2, 0) is 4.79 Å². The Morgan fingerprint density at radius 2 is 1.46 bits per heavy atom. The maximum absolute atomic E-state index is 12.6. The third kappa shape index (κ3) is 6.25. The lowest BCUT2D eigenvalue weighted by Gasteiger charge is -2.27. The number of rotatable bonds is 9. The lowest BCUT2D eigenvalue weighted by atomic mass is 10.0. The second-order valence-electron chi connectivity index (χ2n) is 8.29. The number of aromatic nitrogens is 3. The molecule has 1 aromatic heterocycles. The normalized spacial score (nSPS) is 10.9. The predicted octanol–water partition coefficient (Wildman–Crippen LogP) is 6.17. The van der Waals surface area contributed by atoms with Crippen LogP contribution in [0.5, 0.6) is 0 Å². The predicted molar refractivity (Wildman–Crippen MR) is 145 cm³/mol. The summed E-state index contributed by atoms with van der Waals surface area (Å²) in [7, 11) is 0. The van der Waals surface area contributed by atoms with E-state index in [1.807, 2.05) is 84.9 Å². The molecule has 1 N–H and O–H groups in total. The molecule has 6 nitrogen and oxygen atoms in total. The minimum Gasteiger partial charge on any atom is -0.369 e. The summed E-state index contributed by atoms with van der Waals surface area (Å²) in [4.78, 5) is 19.7. The molecule has 0 unspecified atom stereocenters. The van der Waals surface area contributed by atoms with Crippen molar-refractivity contribution in [3.63, 3.8) is 0 Å². The van der Waals surface area contributed by atoms with Gasteiger partial charge < -0.3 is 10.2 Å². The van der Waals surface area contributed by atoms with Gasteiger partial charge >= 0.3 is 0 Å². The summed E-state index contributed by atoms with van der Waals surface area (Å²) in [5, 5.41) is 12.2. The van der Waals surface area contributed by atoms with Gasteiger partial charge in [0.05, 0.1) is 5.75 Å². The number of amides is 1. The Labute approximate surface area is 210 Å². The van der Waals surface area contributed by atoms with Crippen molar-refractivity contribution in [1.82, 2.24) is 15.2 Å². The van der Waals surface area contributed by atoms with Crippen LogP contribution < -0.4 is 10.2 Å². The molecule has 178 valence electrons. The monoisotopic (exact) mass is 483 g/mol. The van der Waals surface area contributed by atoms with E-state index in [1.165, 1.54) is 11.8 Å². The molecule has 0 radical (unpaired) electrons. The first-order valence-electron chi connectivity index (χ1n) is 11.7. The average molecular weight is 484 g/mol. The lowest BCUT2D eigenvalue weighted by molar-refractivity contribution is -0.113. The quantitative estimate of drug-likeness (QED) is 0.287. The van der Waals surface area contributed by atoms with Gasteiger partial charge in [0.2, 0.25) is 11.1 Å². The van der Waals surface area contributed by atoms with Gasteiger partial charge in [0.25, 0.3) is 0 Å². The van der Waals surface area contributed by atoms with Crippen LogP contribution in [-0.4, -0.2) is 39.4 Å². The molecule has 7 heteroatoms. The maximum atomic E-state index is 12.6. The summed E-state index contributed by atoms with van der Waals surface area (Å²) in [6.45, 7) is 7.41.